The summed E-state index contributed by atoms with van der Waals surface area (Å²) in [6.07, 6.45) is 5.45. The first-order chi connectivity index (χ1) is 16.6. The third-order valence-electron chi connectivity index (χ3n) is 6.56. The van der Waals surface area contributed by atoms with Crippen molar-refractivity contribution in [3.63, 3.8) is 0 Å². The van der Waals surface area contributed by atoms with E-state index in [1.54, 1.807) is 18.3 Å². The summed E-state index contributed by atoms with van der Waals surface area (Å²) < 4.78 is 38.1. The number of piperidine rings is 1. The molecule has 6 nitrogen and oxygen atoms in total. The predicted octanol–water partition coefficient (Wildman–Crippen LogP) is 4.93. The molecule has 0 spiro atoms. The lowest BCUT2D eigenvalue weighted by Gasteiger charge is -2.31. The second kappa shape index (κ2) is 9.93. The number of ether oxygens (including phenoxy) is 2. The number of carbonyl (C=O) groups excluding carboxylic acids is 1. The van der Waals surface area contributed by atoms with E-state index in [0.29, 0.717) is 36.5 Å². The van der Waals surface area contributed by atoms with Crippen LogP contribution in [0.5, 0.6) is 5.75 Å². The molecule has 3 aromatic rings. The molecule has 2 aliphatic rings. The van der Waals surface area contributed by atoms with Gasteiger partial charge in [0.2, 0.25) is 0 Å². The number of aromatic nitrogens is 2. The van der Waals surface area contributed by atoms with Gasteiger partial charge in [0.1, 0.15) is 18.2 Å². The Morgan fingerprint density at radius 2 is 1.88 bits per heavy atom. The van der Waals surface area contributed by atoms with Crippen molar-refractivity contribution in [2.75, 3.05) is 26.3 Å². The standard InChI is InChI=1S/C26H27F2N3O3/c27-22-8-5-19(14-23(22)28)24-15-29-25(30-24)17-9-11-31(12-10-17)26(32)18-3-6-20(7-4-18)34-16-21-2-1-13-33-21/h3-8,14-15,17,21H,1-2,9-13,16H2,(H,29,30)/t21-/m0/s1. The molecule has 0 bridgehead atoms. The van der Waals surface area contributed by atoms with Gasteiger partial charge in [-0.1, -0.05) is 0 Å². The highest BCUT2D eigenvalue weighted by Crippen LogP contribution is 2.29. The lowest BCUT2D eigenvalue weighted by Crippen LogP contribution is -2.38. The van der Waals surface area contributed by atoms with Crippen LogP contribution in [0.25, 0.3) is 11.3 Å². The van der Waals surface area contributed by atoms with Crippen LogP contribution in [0.4, 0.5) is 8.78 Å². The highest BCUT2D eigenvalue weighted by Gasteiger charge is 2.26. The SMILES string of the molecule is O=C(c1ccc(OC[C@@H]2CCCO2)cc1)N1CCC(c2ncc(-c3ccc(F)c(F)c3)[nH]2)CC1. The summed E-state index contributed by atoms with van der Waals surface area (Å²) in [5, 5.41) is 0. The van der Waals surface area contributed by atoms with Crippen molar-refractivity contribution in [2.45, 2.75) is 37.7 Å². The second-order valence-electron chi connectivity index (χ2n) is 8.85. The molecule has 8 heteroatoms. The van der Waals surface area contributed by atoms with Gasteiger partial charge < -0.3 is 19.4 Å². The van der Waals surface area contributed by atoms with E-state index in [1.165, 1.54) is 6.07 Å². The number of carbonyl (C=O) groups is 1. The quantitative estimate of drug-likeness (QED) is 0.558. The zero-order valence-corrected chi connectivity index (χ0v) is 18.8. The minimum Gasteiger partial charge on any atom is -0.491 e. The Labute approximate surface area is 196 Å². The number of nitrogens with one attached hydrogen (secondary N) is 1. The fourth-order valence-electron chi connectivity index (χ4n) is 4.55. The van der Waals surface area contributed by atoms with Crippen LogP contribution in [0, 0.1) is 11.6 Å². The van der Waals surface area contributed by atoms with Crippen LogP contribution in [0.2, 0.25) is 0 Å². The normalized spacial score (nSPS) is 18.9. The van der Waals surface area contributed by atoms with Gasteiger partial charge in [0.05, 0.1) is 18.0 Å². The maximum Gasteiger partial charge on any atom is 0.253 e. The molecule has 0 saturated carbocycles. The Kier molecular flexibility index (Phi) is 6.58. The van der Waals surface area contributed by atoms with E-state index in [-0.39, 0.29) is 17.9 Å². The van der Waals surface area contributed by atoms with Gasteiger partial charge in [-0.15, -0.1) is 0 Å². The number of aromatic amines is 1. The van der Waals surface area contributed by atoms with Crippen LogP contribution in [-0.4, -0.2) is 53.2 Å². The van der Waals surface area contributed by atoms with E-state index in [4.69, 9.17) is 9.47 Å². The minimum atomic E-state index is -0.886. The zero-order valence-electron chi connectivity index (χ0n) is 18.8. The molecule has 2 saturated heterocycles. The van der Waals surface area contributed by atoms with Crippen molar-refractivity contribution in [3.8, 4) is 17.0 Å². The molecule has 1 atom stereocenters. The van der Waals surface area contributed by atoms with Crippen LogP contribution >= 0.6 is 0 Å². The fraction of sp³-hybridized carbons (Fsp3) is 0.385. The van der Waals surface area contributed by atoms with Crippen LogP contribution in [-0.2, 0) is 4.74 Å². The Morgan fingerprint density at radius 3 is 2.59 bits per heavy atom. The van der Waals surface area contributed by atoms with Crippen molar-refractivity contribution in [1.29, 1.82) is 0 Å². The summed E-state index contributed by atoms with van der Waals surface area (Å²) in [5.74, 6) is -0.0352. The van der Waals surface area contributed by atoms with Crippen molar-refractivity contribution in [2.24, 2.45) is 0 Å². The van der Waals surface area contributed by atoms with Crippen LogP contribution in [0.1, 0.15) is 47.8 Å². The predicted molar refractivity (Wildman–Crippen MR) is 123 cm³/mol. The number of H-pyrrole nitrogens is 1. The molecule has 5 rings (SSSR count). The number of hydrogen-bond donors (Lipinski definition) is 1. The minimum absolute atomic E-state index is 0.00560. The van der Waals surface area contributed by atoms with Gasteiger partial charge in [0.15, 0.2) is 11.6 Å². The van der Waals surface area contributed by atoms with Crippen molar-refractivity contribution in [3.05, 3.63) is 71.7 Å². The fourth-order valence-corrected chi connectivity index (χ4v) is 4.55. The van der Waals surface area contributed by atoms with Gasteiger partial charge in [-0.25, -0.2) is 13.8 Å². The van der Waals surface area contributed by atoms with Crippen molar-refractivity contribution >= 4 is 5.91 Å². The number of halogens is 2. The maximum absolute atomic E-state index is 13.6. The average molecular weight is 468 g/mol. The smallest absolute Gasteiger partial charge is 0.253 e. The third-order valence-corrected chi connectivity index (χ3v) is 6.56. The van der Waals surface area contributed by atoms with Gasteiger partial charge in [-0.2, -0.15) is 0 Å². The first-order valence-electron chi connectivity index (χ1n) is 11.7. The Hall–Kier alpha value is -3.26. The van der Waals surface area contributed by atoms with Gasteiger partial charge >= 0.3 is 0 Å². The summed E-state index contributed by atoms with van der Waals surface area (Å²) in [5.41, 5.74) is 1.84. The number of imidazole rings is 1. The van der Waals surface area contributed by atoms with E-state index in [0.717, 1.165) is 56.0 Å². The zero-order chi connectivity index (χ0) is 23.5. The molecular weight excluding hydrogens is 440 g/mol. The highest BCUT2D eigenvalue weighted by molar-refractivity contribution is 5.94. The summed E-state index contributed by atoms with van der Waals surface area (Å²) in [6.45, 7) is 2.59. The molecule has 2 fully saturated rings. The van der Waals surface area contributed by atoms with Crippen molar-refractivity contribution < 1.29 is 23.0 Å². The van der Waals surface area contributed by atoms with Crippen LogP contribution < -0.4 is 4.74 Å². The Morgan fingerprint density at radius 1 is 1.09 bits per heavy atom. The lowest BCUT2D eigenvalue weighted by atomic mass is 9.95. The van der Waals surface area contributed by atoms with E-state index < -0.39 is 11.6 Å². The lowest BCUT2D eigenvalue weighted by molar-refractivity contribution is 0.0677. The molecule has 2 aliphatic heterocycles. The third kappa shape index (κ3) is 4.97. The molecule has 0 unspecified atom stereocenters. The molecule has 0 radical (unpaired) electrons. The van der Waals surface area contributed by atoms with Crippen molar-refractivity contribution in [1.82, 2.24) is 14.9 Å². The molecule has 3 heterocycles. The van der Waals surface area contributed by atoms with Gasteiger partial charge in [-0.3, -0.25) is 4.79 Å². The summed E-state index contributed by atoms with van der Waals surface area (Å²) in [6, 6.07) is 11.1. The van der Waals surface area contributed by atoms with Gasteiger partial charge in [0, 0.05) is 36.7 Å². The molecule has 2 aromatic carbocycles. The Bertz CT molecular complexity index is 1130. The summed E-state index contributed by atoms with van der Waals surface area (Å²) in [7, 11) is 0. The number of likely N-dealkylation sites (tertiary alicyclic amines) is 1. The molecule has 1 aromatic heterocycles. The number of hydrogen-bond acceptors (Lipinski definition) is 4. The van der Waals surface area contributed by atoms with E-state index in [1.807, 2.05) is 17.0 Å². The summed E-state index contributed by atoms with van der Waals surface area (Å²) in [4.78, 5) is 22.5. The molecule has 1 amide bonds. The van der Waals surface area contributed by atoms with E-state index in [9.17, 15) is 13.6 Å². The monoisotopic (exact) mass is 467 g/mol. The first-order valence-corrected chi connectivity index (χ1v) is 11.7. The number of nitrogens with zero attached hydrogens (tertiary/aromatic N) is 2. The molecule has 178 valence electrons. The maximum atomic E-state index is 13.6. The first kappa shape index (κ1) is 22.5. The summed E-state index contributed by atoms with van der Waals surface area (Å²) >= 11 is 0. The van der Waals surface area contributed by atoms with Gasteiger partial charge in [-0.05, 0) is 68.1 Å². The number of amides is 1. The molecule has 1 N–H and O–H groups in total. The molecular formula is C26H27F2N3O3. The van der Waals surface area contributed by atoms with E-state index >= 15 is 0 Å². The van der Waals surface area contributed by atoms with E-state index in [2.05, 4.69) is 9.97 Å². The number of benzene rings is 2. The largest absolute Gasteiger partial charge is 0.491 e. The second-order valence-corrected chi connectivity index (χ2v) is 8.85. The topological polar surface area (TPSA) is 67.5 Å². The number of rotatable bonds is 6. The average Bonchev–Trinajstić information content (AvgIpc) is 3.57. The molecule has 0 aliphatic carbocycles. The van der Waals surface area contributed by atoms with Crippen LogP contribution in [0.15, 0.2) is 48.7 Å². The highest BCUT2D eigenvalue weighted by atomic mass is 19.2. The molecule has 34 heavy (non-hydrogen) atoms. The van der Waals surface area contributed by atoms with Crippen LogP contribution in [0.3, 0.4) is 0 Å². The Balaban J connectivity index is 1.15. The van der Waals surface area contributed by atoms with Gasteiger partial charge in [0.25, 0.3) is 5.91 Å².